The second-order valence-electron chi connectivity index (χ2n) is 5.55. The molecule has 2 aromatic heterocycles. The highest BCUT2D eigenvalue weighted by Gasteiger charge is 2.23. The lowest BCUT2D eigenvalue weighted by atomic mass is 10.1. The van der Waals surface area contributed by atoms with Gasteiger partial charge in [0.05, 0.1) is 10.4 Å². The molecule has 1 aliphatic rings. The summed E-state index contributed by atoms with van der Waals surface area (Å²) in [6, 6.07) is 1.87. The predicted molar refractivity (Wildman–Crippen MR) is 83.0 cm³/mol. The Balaban J connectivity index is 1.82. The number of anilines is 1. The molecule has 0 aromatic carbocycles. The zero-order valence-corrected chi connectivity index (χ0v) is 12.4. The van der Waals surface area contributed by atoms with Crippen molar-refractivity contribution in [2.75, 3.05) is 19.3 Å². The minimum Gasteiger partial charge on any atom is -0.397 e. The van der Waals surface area contributed by atoms with Gasteiger partial charge in [-0.2, -0.15) is 0 Å². The lowest BCUT2D eigenvalue weighted by Crippen LogP contribution is -2.31. The van der Waals surface area contributed by atoms with Gasteiger partial charge in [-0.05, 0) is 24.8 Å². The van der Waals surface area contributed by atoms with Gasteiger partial charge >= 0.3 is 0 Å². The van der Waals surface area contributed by atoms with E-state index in [1.54, 1.807) is 12.4 Å². The summed E-state index contributed by atoms with van der Waals surface area (Å²) in [5.74, 6) is 0.691. The molecule has 5 heteroatoms. The molecule has 106 valence electrons. The standard InChI is InChI=1S/C15H19N3OS/c1-18(9-10-4-2-3-5-10)15(19)14-13(16)11-6-7-17-8-12(11)20-14/h6-8,10H,2-5,9,16H2,1H3. The van der Waals surface area contributed by atoms with Crippen molar-refractivity contribution in [1.82, 2.24) is 9.88 Å². The van der Waals surface area contributed by atoms with Gasteiger partial charge in [0.25, 0.3) is 5.91 Å². The molecule has 0 bridgehead atoms. The summed E-state index contributed by atoms with van der Waals surface area (Å²) in [5.41, 5.74) is 6.71. The minimum atomic E-state index is 0.0376. The SMILES string of the molecule is CN(CC1CCCC1)C(=O)c1sc2cnccc2c1N. The van der Waals surface area contributed by atoms with Gasteiger partial charge in [-0.15, -0.1) is 11.3 Å². The van der Waals surface area contributed by atoms with Crippen LogP contribution in [0.15, 0.2) is 18.5 Å². The van der Waals surface area contributed by atoms with E-state index in [-0.39, 0.29) is 5.91 Å². The van der Waals surface area contributed by atoms with Gasteiger partial charge < -0.3 is 10.6 Å². The molecule has 0 aliphatic heterocycles. The van der Waals surface area contributed by atoms with E-state index in [1.807, 2.05) is 18.0 Å². The summed E-state index contributed by atoms with van der Waals surface area (Å²) in [6.07, 6.45) is 8.55. The maximum absolute atomic E-state index is 12.6. The molecule has 0 unspecified atom stereocenters. The molecule has 0 atom stereocenters. The Labute approximate surface area is 122 Å². The molecule has 1 amide bonds. The molecule has 2 aromatic rings. The number of fused-ring (bicyclic) bond motifs is 1. The number of pyridine rings is 1. The van der Waals surface area contributed by atoms with E-state index in [0.717, 1.165) is 16.6 Å². The Morgan fingerprint density at radius 2 is 2.25 bits per heavy atom. The number of thiophene rings is 1. The molecule has 3 rings (SSSR count). The first-order valence-corrected chi connectivity index (χ1v) is 7.86. The lowest BCUT2D eigenvalue weighted by Gasteiger charge is -2.20. The van der Waals surface area contributed by atoms with Crippen molar-refractivity contribution < 1.29 is 4.79 Å². The molecule has 0 spiro atoms. The van der Waals surface area contributed by atoms with Crippen LogP contribution in [0.25, 0.3) is 10.1 Å². The number of nitrogens with zero attached hydrogens (tertiary/aromatic N) is 2. The second-order valence-corrected chi connectivity index (χ2v) is 6.61. The van der Waals surface area contributed by atoms with Crippen molar-refractivity contribution in [3.63, 3.8) is 0 Å². The Bertz CT molecular complexity index is 631. The van der Waals surface area contributed by atoms with Crippen molar-refractivity contribution >= 4 is 33.0 Å². The van der Waals surface area contributed by atoms with Gasteiger partial charge in [-0.25, -0.2) is 0 Å². The number of hydrogen-bond donors (Lipinski definition) is 1. The molecule has 0 radical (unpaired) electrons. The van der Waals surface area contributed by atoms with E-state index in [2.05, 4.69) is 4.98 Å². The molecule has 0 saturated heterocycles. The van der Waals surface area contributed by atoms with Gasteiger partial charge in [0.15, 0.2) is 0 Å². The fourth-order valence-corrected chi connectivity index (χ4v) is 4.05. The third kappa shape index (κ3) is 2.38. The first kappa shape index (κ1) is 13.4. The van der Waals surface area contributed by atoms with Crippen LogP contribution in [0, 0.1) is 5.92 Å². The Morgan fingerprint density at radius 3 is 2.95 bits per heavy atom. The summed E-state index contributed by atoms with van der Waals surface area (Å²) in [5, 5.41) is 0.933. The van der Waals surface area contributed by atoms with Gasteiger partial charge in [0, 0.05) is 31.4 Å². The van der Waals surface area contributed by atoms with Crippen LogP contribution in [0.1, 0.15) is 35.4 Å². The summed E-state index contributed by atoms with van der Waals surface area (Å²) in [7, 11) is 1.88. The van der Waals surface area contributed by atoms with Crippen molar-refractivity contribution in [2.24, 2.45) is 5.92 Å². The first-order valence-electron chi connectivity index (χ1n) is 7.04. The smallest absolute Gasteiger partial charge is 0.265 e. The maximum Gasteiger partial charge on any atom is 0.265 e. The van der Waals surface area contributed by atoms with Crippen molar-refractivity contribution in [2.45, 2.75) is 25.7 Å². The van der Waals surface area contributed by atoms with Crippen molar-refractivity contribution in [3.05, 3.63) is 23.3 Å². The topological polar surface area (TPSA) is 59.2 Å². The van der Waals surface area contributed by atoms with Crippen LogP contribution in [-0.4, -0.2) is 29.4 Å². The zero-order chi connectivity index (χ0) is 14.1. The molecule has 2 heterocycles. The van der Waals surface area contributed by atoms with E-state index in [0.29, 0.717) is 16.5 Å². The van der Waals surface area contributed by atoms with E-state index >= 15 is 0 Å². The highest BCUT2D eigenvalue weighted by molar-refractivity contribution is 7.21. The normalized spacial score (nSPS) is 15.8. The fourth-order valence-electron chi connectivity index (χ4n) is 2.97. The average molecular weight is 289 g/mol. The fraction of sp³-hybridized carbons (Fsp3) is 0.467. The average Bonchev–Trinajstić information content (AvgIpc) is 3.07. The molecule has 20 heavy (non-hydrogen) atoms. The monoisotopic (exact) mass is 289 g/mol. The summed E-state index contributed by atoms with van der Waals surface area (Å²) >= 11 is 1.44. The molecule has 4 nitrogen and oxygen atoms in total. The van der Waals surface area contributed by atoms with Crippen LogP contribution in [0.4, 0.5) is 5.69 Å². The summed E-state index contributed by atoms with van der Waals surface area (Å²) in [4.78, 5) is 19.1. The summed E-state index contributed by atoms with van der Waals surface area (Å²) in [6.45, 7) is 0.838. The lowest BCUT2D eigenvalue weighted by molar-refractivity contribution is 0.0779. The zero-order valence-electron chi connectivity index (χ0n) is 11.6. The molecular weight excluding hydrogens is 270 g/mol. The summed E-state index contributed by atoms with van der Waals surface area (Å²) < 4.78 is 0.975. The van der Waals surface area contributed by atoms with Crippen LogP contribution in [0.3, 0.4) is 0 Å². The van der Waals surface area contributed by atoms with Crippen LogP contribution >= 0.6 is 11.3 Å². The van der Waals surface area contributed by atoms with Crippen molar-refractivity contribution in [3.8, 4) is 0 Å². The van der Waals surface area contributed by atoms with Gasteiger partial charge in [-0.1, -0.05) is 12.8 Å². The second kappa shape index (κ2) is 5.40. The van der Waals surface area contributed by atoms with Gasteiger partial charge in [0.2, 0.25) is 0 Å². The van der Waals surface area contributed by atoms with E-state index in [1.165, 1.54) is 37.0 Å². The Kier molecular flexibility index (Phi) is 3.61. The first-order chi connectivity index (χ1) is 9.66. The molecule has 1 aliphatic carbocycles. The molecule has 1 saturated carbocycles. The minimum absolute atomic E-state index is 0.0376. The Morgan fingerprint density at radius 1 is 1.50 bits per heavy atom. The number of hydrogen-bond acceptors (Lipinski definition) is 4. The number of aromatic nitrogens is 1. The van der Waals surface area contributed by atoms with Crippen LogP contribution in [0.2, 0.25) is 0 Å². The number of nitrogen functional groups attached to an aromatic ring is 1. The largest absolute Gasteiger partial charge is 0.397 e. The third-order valence-electron chi connectivity index (χ3n) is 4.08. The maximum atomic E-state index is 12.6. The third-order valence-corrected chi connectivity index (χ3v) is 5.22. The molecule has 1 fully saturated rings. The number of carbonyl (C=O) groups is 1. The number of nitrogens with two attached hydrogens (primary N) is 1. The number of amides is 1. The van der Waals surface area contributed by atoms with Crippen molar-refractivity contribution in [1.29, 1.82) is 0 Å². The highest BCUT2D eigenvalue weighted by atomic mass is 32.1. The van der Waals surface area contributed by atoms with Gasteiger partial charge in [0.1, 0.15) is 4.88 Å². The van der Waals surface area contributed by atoms with Crippen LogP contribution in [0.5, 0.6) is 0 Å². The van der Waals surface area contributed by atoms with E-state index in [9.17, 15) is 4.79 Å². The Hall–Kier alpha value is -1.62. The highest BCUT2D eigenvalue weighted by Crippen LogP contribution is 2.34. The van der Waals surface area contributed by atoms with E-state index < -0.39 is 0 Å². The van der Waals surface area contributed by atoms with Gasteiger partial charge in [-0.3, -0.25) is 9.78 Å². The van der Waals surface area contributed by atoms with E-state index in [4.69, 9.17) is 5.73 Å². The quantitative estimate of drug-likeness (QED) is 0.944. The molecular formula is C15H19N3OS. The number of carbonyl (C=O) groups excluding carboxylic acids is 1. The van der Waals surface area contributed by atoms with Crippen LogP contribution in [-0.2, 0) is 0 Å². The number of rotatable bonds is 3. The molecule has 2 N–H and O–H groups in total. The predicted octanol–water partition coefficient (Wildman–Crippen LogP) is 3.14. The van der Waals surface area contributed by atoms with Crippen LogP contribution < -0.4 is 5.73 Å².